The normalized spacial score (nSPS) is 10.4. The standard InChI is InChI=1S/C18H16N2O4/c1-23-13-8-6-12(7-9-13)20-17(21)11-24-18(22)15-10-19-16-5-3-2-4-14(15)16/h2-10,19H,11H2,1H3,(H,20,21). The number of aromatic nitrogens is 1. The minimum Gasteiger partial charge on any atom is -0.497 e. The van der Waals surface area contributed by atoms with Crippen molar-refractivity contribution >= 4 is 28.5 Å². The third-order valence-corrected chi connectivity index (χ3v) is 3.52. The zero-order valence-electron chi connectivity index (χ0n) is 13.0. The Bertz CT molecular complexity index is 868. The Labute approximate surface area is 138 Å². The van der Waals surface area contributed by atoms with Crippen molar-refractivity contribution in [3.05, 3.63) is 60.3 Å². The Kier molecular flexibility index (Phi) is 4.47. The average Bonchev–Trinajstić information content (AvgIpc) is 3.04. The number of ether oxygens (including phenoxy) is 2. The lowest BCUT2D eigenvalue weighted by molar-refractivity contribution is -0.119. The highest BCUT2D eigenvalue weighted by atomic mass is 16.5. The van der Waals surface area contributed by atoms with Crippen LogP contribution in [0.25, 0.3) is 10.9 Å². The molecule has 0 aliphatic rings. The van der Waals surface area contributed by atoms with Gasteiger partial charge in [-0.25, -0.2) is 4.79 Å². The highest BCUT2D eigenvalue weighted by Gasteiger charge is 2.14. The molecule has 1 amide bonds. The monoisotopic (exact) mass is 324 g/mol. The van der Waals surface area contributed by atoms with E-state index in [2.05, 4.69) is 10.3 Å². The van der Waals surface area contributed by atoms with Gasteiger partial charge in [-0.3, -0.25) is 4.79 Å². The SMILES string of the molecule is COc1ccc(NC(=O)COC(=O)c2c[nH]c3ccccc23)cc1. The van der Waals surface area contributed by atoms with Crippen LogP contribution >= 0.6 is 0 Å². The molecule has 0 radical (unpaired) electrons. The average molecular weight is 324 g/mol. The molecule has 3 rings (SSSR count). The van der Waals surface area contributed by atoms with Crippen LogP contribution in [0.3, 0.4) is 0 Å². The number of methoxy groups -OCH3 is 1. The Morgan fingerprint density at radius 2 is 1.83 bits per heavy atom. The van der Waals surface area contributed by atoms with Gasteiger partial charge in [0.15, 0.2) is 6.61 Å². The fraction of sp³-hybridized carbons (Fsp3) is 0.111. The van der Waals surface area contributed by atoms with E-state index in [-0.39, 0.29) is 6.61 Å². The maximum Gasteiger partial charge on any atom is 0.340 e. The summed E-state index contributed by atoms with van der Waals surface area (Å²) in [6, 6.07) is 14.3. The van der Waals surface area contributed by atoms with Crippen LogP contribution < -0.4 is 10.1 Å². The van der Waals surface area contributed by atoms with E-state index < -0.39 is 11.9 Å². The molecule has 1 aromatic heterocycles. The van der Waals surface area contributed by atoms with Crippen LogP contribution in [0.5, 0.6) is 5.75 Å². The van der Waals surface area contributed by atoms with E-state index in [9.17, 15) is 9.59 Å². The number of nitrogens with one attached hydrogen (secondary N) is 2. The van der Waals surface area contributed by atoms with Gasteiger partial charge in [-0.05, 0) is 30.3 Å². The van der Waals surface area contributed by atoms with Crippen LogP contribution in [0.15, 0.2) is 54.7 Å². The van der Waals surface area contributed by atoms with Crippen LogP contribution in [0.4, 0.5) is 5.69 Å². The molecule has 3 aromatic rings. The number of benzene rings is 2. The predicted molar refractivity (Wildman–Crippen MR) is 90.2 cm³/mol. The summed E-state index contributed by atoms with van der Waals surface area (Å²) in [6.45, 7) is -0.357. The highest BCUT2D eigenvalue weighted by Crippen LogP contribution is 2.18. The molecule has 1 heterocycles. The molecular weight excluding hydrogens is 308 g/mol. The molecule has 0 atom stereocenters. The van der Waals surface area contributed by atoms with Gasteiger partial charge >= 0.3 is 5.97 Å². The van der Waals surface area contributed by atoms with Gasteiger partial charge in [-0.1, -0.05) is 18.2 Å². The lowest BCUT2D eigenvalue weighted by Gasteiger charge is -2.07. The van der Waals surface area contributed by atoms with Gasteiger partial charge in [0.2, 0.25) is 0 Å². The van der Waals surface area contributed by atoms with E-state index in [4.69, 9.17) is 9.47 Å². The first-order valence-electron chi connectivity index (χ1n) is 7.34. The van der Waals surface area contributed by atoms with E-state index in [0.717, 1.165) is 10.9 Å². The summed E-state index contributed by atoms with van der Waals surface area (Å²) >= 11 is 0. The summed E-state index contributed by atoms with van der Waals surface area (Å²) in [5.74, 6) is -0.260. The van der Waals surface area contributed by atoms with E-state index in [1.165, 1.54) is 0 Å². The molecule has 6 heteroatoms. The minimum absolute atomic E-state index is 0.357. The van der Waals surface area contributed by atoms with Gasteiger partial charge < -0.3 is 19.8 Å². The molecular formula is C18H16N2O4. The van der Waals surface area contributed by atoms with Gasteiger partial charge in [0.1, 0.15) is 5.75 Å². The maximum absolute atomic E-state index is 12.1. The summed E-state index contributed by atoms with van der Waals surface area (Å²) in [5.41, 5.74) is 1.85. The van der Waals surface area contributed by atoms with E-state index in [1.807, 2.05) is 24.3 Å². The number of rotatable bonds is 5. The van der Waals surface area contributed by atoms with Gasteiger partial charge in [-0.2, -0.15) is 0 Å². The fourth-order valence-corrected chi connectivity index (χ4v) is 2.32. The smallest absolute Gasteiger partial charge is 0.340 e. The molecule has 0 saturated carbocycles. The third kappa shape index (κ3) is 3.38. The van der Waals surface area contributed by atoms with Crippen molar-refractivity contribution in [1.29, 1.82) is 0 Å². The summed E-state index contributed by atoms with van der Waals surface area (Å²) in [4.78, 5) is 27.0. The van der Waals surface area contributed by atoms with Crippen molar-refractivity contribution in [2.75, 3.05) is 19.0 Å². The van der Waals surface area contributed by atoms with E-state index >= 15 is 0 Å². The fourth-order valence-electron chi connectivity index (χ4n) is 2.32. The second kappa shape index (κ2) is 6.87. The van der Waals surface area contributed by atoms with Crippen LogP contribution in [-0.2, 0) is 9.53 Å². The zero-order valence-corrected chi connectivity index (χ0v) is 13.0. The van der Waals surface area contributed by atoms with Gasteiger partial charge in [0, 0.05) is 22.8 Å². The van der Waals surface area contributed by atoms with Crippen LogP contribution in [0.1, 0.15) is 10.4 Å². The Morgan fingerprint density at radius 3 is 2.58 bits per heavy atom. The second-order valence-electron chi connectivity index (χ2n) is 5.10. The van der Waals surface area contributed by atoms with Crippen LogP contribution in [0.2, 0.25) is 0 Å². The summed E-state index contributed by atoms with van der Waals surface area (Å²) < 4.78 is 10.1. The first kappa shape index (κ1) is 15.6. The number of carbonyl (C=O) groups excluding carboxylic acids is 2. The van der Waals surface area contributed by atoms with Crippen molar-refractivity contribution in [3.63, 3.8) is 0 Å². The second-order valence-corrected chi connectivity index (χ2v) is 5.10. The van der Waals surface area contributed by atoms with Gasteiger partial charge in [0.05, 0.1) is 12.7 Å². The minimum atomic E-state index is -0.544. The highest BCUT2D eigenvalue weighted by molar-refractivity contribution is 6.05. The number of aromatic amines is 1. The lowest BCUT2D eigenvalue weighted by Crippen LogP contribution is -2.20. The number of fused-ring (bicyclic) bond motifs is 1. The molecule has 2 N–H and O–H groups in total. The summed E-state index contributed by atoms with van der Waals surface area (Å²) in [5, 5.41) is 3.41. The number of amides is 1. The van der Waals surface area contributed by atoms with Crippen molar-refractivity contribution in [2.45, 2.75) is 0 Å². The van der Waals surface area contributed by atoms with Crippen LogP contribution in [0, 0.1) is 0 Å². The Balaban J connectivity index is 1.58. The lowest BCUT2D eigenvalue weighted by atomic mass is 10.2. The molecule has 6 nitrogen and oxygen atoms in total. The van der Waals surface area contributed by atoms with Gasteiger partial charge in [-0.15, -0.1) is 0 Å². The van der Waals surface area contributed by atoms with E-state index in [0.29, 0.717) is 17.0 Å². The first-order valence-corrected chi connectivity index (χ1v) is 7.34. The summed E-state index contributed by atoms with van der Waals surface area (Å²) in [6.07, 6.45) is 1.58. The first-order chi connectivity index (χ1) is 11.7. The number of esters is 1. The number of para-hydroxylation sites is 1. The molecule has 0 fully saturated rings. The van der Waals surface area contributed by atoms with Crippen molar-refractivity contribution in [1.82, 2.24) is 4.98 Å². The molecule has 24 heavy (non-hydrogen) atoms. The molecule has 0 saturated heterocycles. The molecule has 0 aliphatic heterocycles. The number of carbonyl (C=O) groups is 2. The summed E-state index contributed by atoms with van der Waals surface area (Å²) in [7, 11) is 1.57. The number of hydrogen-bond acceptors (Lipinski definition) is 4. The Hall–Kier alpha value is -3.28. The number of H-pyrrole nitrogens is 1. The third-order valence-electron chi connectivity index (χ3n) is 3.52. The quantitative estimate of drug-likeness (QED) is 0.707. The molecule has 2 aromatic carbocycles. The Morgan fingerprint density at radius 1 is 1.08 bits per heavy atom. The van der Waals surface area contributed by atoms with Gasteiger partial charge in [0.25, 0.3) is 5.91 Å². The molecule has 0 bridgehead atoms. The van der Waals surface area contributed by atoms with Crippen molar-refractivity contribution < 1.29 is 19.1 Å². The maximum atomic E-state index is 12.1. The molecule has 122 valence electrons. The van der Waals surface area contributed by atoms with Crippen molar-refractivity contribution in [2.24, 2.45) is 0 Å². The topological polar surface area (TPSA) is 80.4 Å². The number of anilines is 1. The zero-order chi connectivity index (χ0) is 16.9. The molecule has 0 aliphatic carbocycles. The van der Waals surface area contributed by atoms with Crippen LogP contribution in [-0.4, -0.2) is 30.6 Å². The predicted octanol–water partition coefficient (Wildman–Crippen LogP) is 2.97. The van der Waals surface area contributed by atoms with Crippen molar-refractivity contribution in [3.8, 4) is 5.75 Å². The van der Waals surface area contributed by atoms with E-state index in [1.54, 1.807) is 37.6 Å². The molecule has 0 unspecified atom stereocenters. The molecule has 0 spiro atoms. The number of hydrogen-bond donors (Lipinski definition) is 2. The largest absolute Gasteiger partial charge is 0.497 e.